The second-order valence-electron chi connectivity index (χ2n) is 6.89. The smallest absolute Gasteiger partial charge is 0.190 e. The van der Waals surface area contributed by atoms with E-state index in [0.717, 1.165) is 43.7 Å². The number of hydrogen-bond acceptors (Lipinski definition) is 3. The minimum atomic E-state index is 0. The largest absolute Gasteiger partial charge is 0.356 e. The number of guanidine groups is 1. The predicted octanol–water partition coefficient (Wildman–Crippen LogP) is 4.48. The lowest BCUT2D eigenvalue weighted by Gasteiger charge is -2.32. The quantitative estimate of drug-likeness (QED) is 0.216. The van der Waals surface area contributed by atoms with Crippen LogP contribution in [0.5, 0.6) is 0 Å². The number of nitrogens with zero attached hydrogens (tertiary/aromatic N) is 2. The van der Waals surface area contributed by atoms with Crippen molar-refractivity contribution in [2.75, 3.05) is 45.2 Å². The van der Waals surface area contributed by atoms with Gasteiger partial charge < -0.3 is 10.6 Å². The number of piperidine rings is 1. The summed E-state index contributed by atoms with van der Waals surface area (Å²) < 4.78 is 0. The van der Waals surface area contributed by atoms with E-state index in [1.54, 1.807) is 0 Å². The Bertz CT molecular complexity index is 551. The summed E-state index contributed by atoms with van der Waals surface area (Å²) in [6.07, 6.45) is 7.06. The minimum absolute atomic E-state index is 0. The second kappa shape index (κ2) is 14.8. The highest BCUT2D eigenvalue weighted by Gasteiger charge is 2.20. The Morgan fingerprint density at radius 3 is 2.63 bits per heavy atom. The van der Waals surface area contributed by atoms with Crippen LogP contribution < -0.4 is 10.6 Å². The average Bonchev–Trinajstić information content (AvgIpc) is 2.67. The lowest BCUT2D eigenvalue weighted by molar-refractivity contribution is 0.178. The molecule has 0 spiro atoms. The van der Waals surface area contributed by atoms with Gasteiger partial charge in [-0.2, -0.15) is 11.8 Å². The summed E-state index contributed by atoms with van der Waals surface area (Å²) in [5.74, 6) is 2.89. The van der Waals surface area contributed by atoms with E-state index in [1.807, 2.05) is 30.9 Å². The van der Waals surface area contributed by atoms with E-state index in [4.69, 9.17) is 11.6 Å². The predicted molar refractivity (Wildman–Crippen MR) is 132 cm³/mol. The zero-order valence-corrected chi connectivity index (χ0v) is 20.4. The lowest BCUT2D eigenvalue weighted by atomic mass is 9.96. The van der Waals surface area contributed by atoms with Crippen molar-refractivity contribution in [2.24, 2.45) is 10.9 Å². The highest BCUT2D eigenvalue weighted by molar-refractivity contribution is 14.0. The highest BCUT2D eigenvalue weighted by atomic mass is 127. The standard InChI is InChI=1S/C20H33ClN4S.HI/c1-22-20(23-11-5-6-14-26-2)24-15-17-9-12-25(13-10-17)16-18-7-3-4-8-19(18)21;/h3-4,7-8,17H,5-6,9-16H2,1-2H3,(H2,22,23,24);1H. The summed E-state index contributed by atoms with van der Waals surface area (Å²) in [6.45, 7) is 5.23. The number of likely N-dealkylation sites (tertiary alicyclic amines) is 1. The first-order valence-corrected chi connectivity index (χ1v) is 11.4. The first-order valence-electron chi connectivity index (χ1n) is 9.62. The van der Waals surface area contributed by atoms with Crippen LogP contribution in [0.15, 0.2) is 29.3 Å². The maximum atomic E-state index is 6.28. The van der Waals surface area contributed by atoms with Crippen LogP contribution in [0.3, 0.4) is 0 Å². The van der Waals surface area contributed by atoms with Gasteiger partial charge in [-0.15, -0.1) is 24.0 Å². The zero-order valence-electron chi connectivity index (χ0n) is 16.5. The van der Waals surface area contributed by atoms with E-state index in [1.165, 1.54) is 37.0 Å². The molecule has 0 bridgehead atoms. The van der Waals surface area contributed by atoms with Crippen molar-refractivity contribution in [2.45, 2.75) is 32.2 Å². The number of nitrogens with one attached hydrogen (secondary N) is 2. The SMILES string of the molecule is CN=C(NCCCCSC)NCC1CCN(Cc2ccccc2Cl)CC1.I. The molecular weight excluding hydrogens is 491 g/mol. The van der Waals surface area contributed by atoms with Gasteiger partial charge in [0.25, 0.3) is 0 Å². The van der Waals surface area contributed by atoms with Crippen molar-refractivity contribution in [3.63, 3.8) is 0 Å². The Balaban J connectivity index is 0.00000364. The summed E-state index contributed by atoms with van der Waals surface area (Å²) in [5.41, 5.74) is 1.23. The van der Waals surface area contributed by atoms with Crippen LogP contribution >= 0.6 is 47.3 Å². The van der Waals surface area contributed by atoms with Gasteiger partial charge >= 0.3 is 0 Å². The second-order valence-corrected chi connectivity index (χ2v) is 8.28. The molecular formula is C20H34ClIN4S. The molecule has 1 fully saturated rings. The molecule has 0 aliphatic carbocycles. The molecule has 2 N–H and O–H groups in total. The third-order valence-corrected chi connectivity index (χ3v) is 5.97. The molecule has 1 aromatic rings. The molecule has 1 aliphatic rings. The van der Waals surface area contributed by atoms with Crippen LogP contribution in [-0.4, -0.2) is 56.1 Å². The molecule has 2 rings (SSSR count). The highest BCUT2D eigenvalue weighted by Crippen LogP contribution is 2.21. The number of aliphatic imine (C=N–C) groups is 1. The number of hydrogen-bond donors (Lipinski definition) is 2. The Labute approximate surface area is 191 Å². The molecule has 1 aromatic carbocycles. The number of rotatable bonds is 9. The topological polar surface area (TPSA) is 39.7 Å². The Hall–Kier alpha value is -0.180. The van der Waals surface area contributed by atoms with Crippen molar-refractivity contribution in [1.82, 2.24) is 15.5 Å². The summed E-state index contributed by atoms with van der Waals surface area (Å²) in [4.78, 5) is 6.85. The molecule has 4 nitrogen and oxygen atoms in total. The number of unbranched alkanes of at least 4 members (excludes halogenated alkanes) is 1. The Morgan fingerprint density at radius 1 is 1.22 bits per heavy atom. The van der Waals surface area contributed by atoms with Gasteiger partial charge in [0.2, 0.25) is 0 Å². The monoisotopic (exact) mass is 524 g/mol. The molecule has 0 saturated carbocycles. The number of halogens is 2. The van der Waals surface area contributed by atoms with Gasteiger partial charge in [0, 0.05) is 31.7 Å². The van der Waals surface area contributed by atoms with E-state index < -0.39 is 0 Å². The van der Waals surface area contributed by atoms with E-state index in [2.05, 4.69) is 38.9 Å². The van der Waals surface area contributed by atoms with E-state index in [9.17, 15) is 0 Å². The molecule has 0 amide bonds. The van der Waals surface area contributed by atoms with Gasteiger partial charge in [0.15, 0.2) is 5.96 Å². The zero-order chi connectivity index (χ0) is 18.6. The van der Waals surface area contributed by atoms with Crippen LogP contribution in [0.1, 0.15) is 31.2 Å². The average molecular weight is 525 g/mol. The van der Waals surface area contributed by atoms with Gasteiger partial charge in [-0.1, -0.05) is 29.8 Å². The summed E-state index contributed by atoms with van der Waals surface area (Å²) in [7, 11) is 1.85. The van der Waals surface area contributed by atoms with Crippen LogP contribution in [0.2, 0.25) is 5.02 Å². The number of thioether (sulfide) groups is 1. The normalized spacial score (nSPS) is 16.0. The van der Waals surface area contributed by atoms with Gasteiger partial charge in [-0.05, 0) is 68.3 Å². The van der Waals surface area contributed by atoms with Crippen molar-refractivity contribution in [3.8, 4) is 0 Å². The molecule has 154 valence electrons. The fourth-order valence-corrected chi connectivity index (χ4v) is 3.94. The van der Waals surface area contributed by atoms with Gasteiger partial charge in [0.05, 0.1) is 0 Å². The molecule has 0 aromatic heterocycles. The van der Waals surface area contributed by atoms with Crippen molar-refractivity contribution >= 4 is 53.3 Å². The van der Waals surface area contributed by atoms with Crippen LogP contribution in [0.25, 0.3) is 0 Å². The van der Waals surface area contributed by atoms with E-state index in [-0.39, 0.29) is 24.0 Å². The first-order chi connectivity index (χ1) is 12.7. The first kappa shape index (κ1) is 24.9. The number of benzene rings is 1. The molecule has 1 heterocycles. The lowest BCUT2D eigenvalue weighted by Crippen LogP contribution is -2.43. The van der Waals surface area contributed by atoms with Gasteiger partial charge in [-0.3, -0.25) is 9.89 Å². The third kappa shape index (κ3) is 9.72. The van der Waals surface area contributed by atoms with Gasteiger partial charge in [0.1, 0.15) is 0 Å². The molecule has 7 heteroatoms. The fraction of sp³-hybridized carbons (Fsp3) is 0.650. The molecule has 0 unspecified atom stereocenters. The molecule has 1 saturated heterocycles. The van der Waals surface area contributed by atoms with Gasteiger partial charge in [-0.25, -0.2) is 0 Å². The van der Waals surface area contributed by atoms with Crippen LogP contribution in [-0.2, 0) is 6.54 Å². The molecule has 0 radical (unpaired) electrons. The molecule has 0 atom stereocenters. The summed E-state index contributed by atoms with van der Waals surface area (Å²) >= 11 is 8.20. The Kier molecular flexibility index (Phi) is 13.6. The summed E-state index contributed by atoms with van der Waals surface area (Å²) in [5, 5.41) is 7.80. The fourth-order valence-electron chi connectivity index (χ4n) is 3.26. The molecule has 1 aliphatic heterocycles. The minimum Gasteiger partial charge on any atom is -0.356 e. The maximum absolute atomic E-state index is 6.28. The van der Waals surface area contributed by atoms with E-state index in [0.29, 0.717) is 5.92 Å². The van der Waals surface area contributed by atoms with Crippen molar-refractivity contribution in [1.29, 1.82) is 0 Å². The third-order valence-electron chi connectivity index (χ3n) is 4.91. The van der Waals surface area contributed by atoms with Crippen molar-refractivity contribution < 1.29 is 0 Å². The maximum Gasteiger partial charge on any atom is 0.190 e. The molecule has 27 heavy (non-hydrogen) atoms. The summed E-state index contributed by atoms with van der Waals surface area (Å²) in [6, 6.07) is 8.17. The Morgan fingerprint density at radius 2 is 1.96 bits per heavy atom. The van der Waals surface area contributed by atoms with Crippen LogP contribution in [0, 0.1) is 5.92 Å². The van der Waals surface area contributed by atoms with E-state index >= 15 is 0 Å². The van der Waals surface area contributed by atoms with Crippen molar-refractivity contribution in [3.05, 3.63) is 34.9 Å². The van der Waals surface area contributed by atoms with Crippen LogP contribution in [0.4, 0.5) is 0 Å².